The molecule has 2 rings (SSSR count). The van der Waals surface area contributed by atoms with E-state index in [2.05, 4.69) is 64.3 Å². The molecule has 0 aromatic carbocycles. The molecular formula is C22H37N7OS2. The molecule has 1 aliphatic heterocycles. The van der Waals surface area contributed by atoms with Crippen molar-refractivity contribution in [1.29, 1.82) is 0 Å². The number of likely N-dealkylation sites (tertiary alicyclic amines) is 1. The van der Waals surface area contributed by atoms with Crippen molar-refractivity contribution in [3.63, 3.8) is 0 Å². The van der Waals surface area contributed by atoms with Gasteiger partial charge in [-0.1, -0.05) is 0 Å². The molecular weight excluding hydrogens is 442 g/mol. The second kappa shape index (κ2) is 11.7. The van der Waals surface area contributed by atoms with Gasteiger partial charge in [0.15, 0.2) is 16.0 Å². The first-order valence-electron chi connectivity index (χ1n) is 11.1. The predicted molar refractivity (Wildman–Crippen MR) is 140 cm³/mol. The number of hydrazone groups is 2. The lowest BCUT2D eigenvalue weighted by atomic mass is 9.80. The molecule has 178 valence electrons. The highest BCUT2D eigenvalue weighted by Crippen LogP contribution is 2.39. The van der Waals surface area contributed by atoms with Crippen LogP contribution in [0.5, 0.6) is 0 Å². The molecule has 1 aliphatic rings. The zero-order chi connectivity index (χ0) is 23.8. The maximum Gasteiger partial charge on any atom is 0.186 e. The Morgan fingerprint density at radius 1 is 1.03 bits per heavy atom. The van der Waals surface area contributed by atoms with Gasteiger partial charge in [0.2, 0.25) is 0 Å². The van der Waals surface area contributed by atoms with Crippen molar-refractivity contribution in [2.45, 2.75) is 78.4 Å². The van der Waals surface area contributed by atoms with Crippen LogP contribution in [-0.2, 0) is 6.54 Å². The van der Waals surface area contributed by atoms with E-state index in [-0.39, 0.29) is 11.1 Å². The van der Waals surface area contributed by atoms with Crippen LogP contribution in [0.4, 0.5) is 0 Å². The quantitative estimate of drug-likeness (QED) is 0.256. The third-order valence-electron chi connectivity index (χ3n) is 5.57. The number of furan rings is 1. The van der Waals surface area contributed by atoms with Crippen LogP contribution < -0.4 is 21.5 Å². The first-order valence-corrected chi connectivity index (χ1v) is 12.0. The van der Waals surface area contributed by atoms with Gasteiger partial charge >= 0.3 is 0 Å². The van der Waals surface area contributed by atoms with E-state index in [0.29, 0.717) is 34.8 Å². The molecule has 0 atom stereocenters. The van der Waals surface area contributed by atoms with E-state index in [9.17, 15) is 0 Å². The average molecular weight is 480 g/mol. The molecule has 8 nitrogen and oxygen atoms in total. The molecule has 0 bridgehead atoms. The van der Waals surface area contributed by atoms with Gasteiger partial charge in [-0.2, -0.15) is 10.2 Å². The fourth-order valence-electron chi connectivity index (χ4n) is 4.04. The van der Waals surface area contributed by atoms with Crippen molar-refractivity contribution >= 4 is 46.6 Å². The van der Waals surface area contributed by atoms with Crippen LogP contribution in [0, 0.1) is 0 Å². The molecule has 0 unspecified atom stereocenters. The van der Waals surface area contributed by atoms with Gasteiger partial charge in [0.05, 0.1) is 12.8 Å². The zero-order valence-electron chi connectivity index (χ0n) is 20.0. The number of hydrogen-bond donors (Lipinski definition) is 4. The van der Waals surface area contributed by atoms with Crippen molar-refractivity contribution in [1.82, 2.24) is 26.4 Å². The van der Waals surface area contributed by atoms with E-state index < -0.39 is 0 Å². The lowest BCUT2D eigenvalue weighted by Crippen LogP contribution is -2.57. The average Bonchev–Trinajstić information content (AvgIpc) is 3.16. The van der Waals surface area contributed by atoms with Crippen molar-refractivity contribution in [2.75, 3.05) is 13.1 Å². The van der Waals surface area contributed by atoms with E-state index in [4.69, 9.17) is 28.9 Å². The highest BCUT2D eigenvalue weighted by atomic mass is 32.1. The summed E-state index contributed by atoms with van der Waals surface area (Å²) in [5.74, 6) is 1.48. The van der Waals surface area contributed by atoms with Gasteiger partial charge in [0.25, 0.3) is 0 Å². The SMILES string of the molecule is CCNC(=S)N/N=C/C(=N\NC(=S)NCC)c1ccc(CN2C(C)(C)CCCC2(C)C)o1. The highest BCUT2D eigenvalue weighted by Gasteiger charge is 2.41. The summed E-state index contributed by atoms with van der Waals surface area (Å²) >= 11 is 10.4. The first kappa shape index (κ1) is 26.2. The molecule has 0 spiro atoms. The first-order chi connectivity index (χ1) is 15.1. The van der Waals surface area contributed by atoms with Gasteiger partial charge in [-0.15, -0.1) is 0 Å². The lowest BCUT2D eigenvalue weighted by molar-refractivity contribution is -0.0384. The smallest absolute Gasteiger partial charge is 0.186 e. The minimum absolute atomic E-state index is 0.110. The van der Waals surface area contributed by atoms with E-state index >= 15 is 0 Å². The van der Waals surface area contributed by atoms with Gasteiger partial charge in [-0.25, -0.2) is 0 Å². The van der Waals surface area contributed by atoms with Crippen LogP contribution in [0.2, 0.25) is 0 Å². The Balaban J connectivity index is 2.21. The van der Waals surface area contributed by atoms with Gasteiger partial charge in [0, 0.05) is 24.2 Å². The number of nitrogens with zero attached hydrogens (tertiary/aromatic N) is 3. The van der Waals surface area contributed by atoms with Gasteiger partial charge < -0.3 is 15.1 Å². The van der Waals surface area contributed by atoms with Crippen LogP contribution in [-0.4, -0.2) is 51.2 Å². The summed E-state index contributed by atoms with van der Waals surface area (Å²) in [7, 11) is 0. The zero-order valence-corrected chi connectivity index (χ0v) is 21.7. The van der Waals surface area contributed by atoms with Crippen LogP contribution in [0.1, 0.15) is 72.3 Å². The number of rotatable bonds is 8. The summed E-state index contributed by atoms with van der Waals surface area (Å²) in [6, 6.07) is 3.91. The molecule has 0 radical (unpaired) electrons. The maximum atomic E-state index is 6.19. The van der Waals surface area contributed by atoms with Gasteiger partial charge in [-0.05, 0) is 97.4 Å². The van der Waals surface area contributed by atoms with Crippen LogP contribution >= 0.6 is 24.4 Å². The monoisotopic (exact) mass is 479 g/mol. The van der Waals surface area contributed by atoms with E-state index in [1.54, 1.807) is 6.21 Å². The molecule has 0 aliphatic carbocycles. The second-order valence-corrected chi connectivity index (χ2v) is 9.84. The Morgan fingerprint density at radius 2 is 1.62 bits per heavy atom. The molecule has 1 aromatic heterocycles. The fourth-order valence-corrected chi connectivity index (χ4v) is 4.43. The minimum atomic E-state index is 0.110. The Hall–Kier alpha value is -2.04. The second-order valence-electron chi connectivity index (χ2n) is 9.03. The summed E-state index contributed by atoms with van der Waals surface area (Å²) in [6.45, 7) is 15.3. The summed E-state index contributed by atoms with van der Waals surface area (Å²) in [5, 5.41) is 15.4. The van der Waals surface area contributed by atoms with Crippen LogP contribution in [0.3, 0.4) is 0 Å². The molecule has 1 fully saturated rings. The molecule has 2 heterocycles. The van der Waals surface area contributed by atoms with Crippen molar-refractivity contribution in [3.8, 4) is 0 Å². The fraction of sp³-hybridized carbons (Fsp3) is 0.636. The lowest BCUT2D eigenvalue weighted by Gasteiger charge is -2.52. The van der Waals surface area contributed by atoms with E-state index in [1.807, 2.05) is 26.0 Å². The number of hydrogen-bond acceptors (Lipinski definition) is 6. The number of thiocarbonyl (C=S) groups is 2. The van der Waals surface area contributed by atoms with Gasteiger partial charge in [0.1, 0.15) is 11.5 Å². The molecule has 0 saturated carbocycles. The molecule has 1 saturated heterocycles. The van der Waals surface area contributed by atoms with E-state index in [0.717, 1.165) is 12.3 Å². The summed E-state index contributed by atoms with van der Waals surface area (Å²) < 4.78 is 6.19. The van der Waals surface area contributed by atoms with Gasteiger partial charge in [-0.3, -0.25) is 15.8 Å². The molecule has 10 heteroatoms. The topological polar surface area (TPSA) is 89.2 Å². The molecule has 32 heavy (non-hydrogen) atoms. The van der Waals surface area contributed by atoms with E-state index in [1.165, 1.54) is 19.3 Å². The van der Waals surface area contributed by atoms with Crippen LogP contribution in [0.25, 0.3) is 0 Å². The van der Waals surface area contributed by atoms with Crippen molar-refractivity contribution in [2.24, 2.45) is 10.2 Å². The maximum absolute atomic E-state index is 6.19. The third kappa shape index (κ3) is 7.53. The molecule has 4 N–H and O–H groups in total. The molecule has 1 aromatic rings. The Morgan fingerprint density at radius 3 is 2.22 bits per heavy atom. The standard InChI is InChI=1S/C22H37N7OS2/c1-7-23-19(31)27-25-14-17(26-28-20(32)24-8-2)18-11-10-16(30-18)15-29-21(3,4)12-9-13-22(29,5)6/h10-11,14H,7-9,12-13,15H2,1-6H3,(H2,23,27,31)(H2,24,28,32)/b25-14+,26-17+. The Kier molecular flexibility index (Phi) is 9.60. The Labute approximate surface area is 202 Å². The normalized spacial score (nSPS) is 18.4. The van der Waals surface area contributed by atoms with Crippen LogP contribution in [0.15, 0.2) is 26.8 Å². The number of nitrogens with one attached hydrogen (secondary N) is 4. The summed E-state index contributed by atoms with van der Waals surface area (Å²) in [5.41, 5.74) is 6.33. The van der Waals surface area contributed by atoms with Crippen molar-refractivity contribution < 1.29 is 4.42 Å². The minimum Gasteiger partial charge on any atom is -0.458 e. The third-order valence-corrected chi connectivity index (χ3v) is 6.04. The highest BCUT2D eigenvalue weighted by molar-refractivity contribution is 7.80. The Bertz CT molecular complexity index is 829. The predicted octanol–water partition coefficient (Wildman–Crippen LogP) is 3.48. The molecule has 0 amide bonds. The summed E-state index contributed by atoms with van der Waals surface area (Å²) in [4.78, 5) is 2.53. The van der Waals surface area contributed by atoms with Crippen molar-refractivity contribution in [3.05, 3.63) is 23.7 Å². The number of piperidine rings is 1. The largest absolute Gasteiger partial charge is 0.458 e. The summed E-state index contributed by atoms with van der Waals surface area (Å²) in [6.07, 6.45) is 5.15.